The molecule has 0 aromatic rings. The Bertz CT molecular complexity index is 251. The largest absolute Gasteiger partial charge is 0.377 e. The van der Waals surface area contributed by atoms with Gasteiger partial charge in [0.05, 0.1) is 12.2 Å². The van der Waals surface area contributed by atoms with Crippen LogP contribution >= 0.6 is 0 Å². The Balaban J connectivity index is 1.51. The smallest absolute Gasteiger partial charge is 0.0986 e. The summed E-state index contributed by atoms with van der Waals surface area (Å²) >= 11 is 0. The van der Waals surface area contributed by atoms with Crippen molar-refractivity contribution in [3.8, 4) is 0 Å². The molecule has 0 spiro atoms. The van der Waals surface area contributed by atoms with E-state index in [-0.39, 0.29) is 6.10 Å². The molecule has 3 aliphatic rings. The lowest BCUT2D eigenvalue weighted by Crippen LogP contribution is -2.62. The molecule has 3 fully saturated rings. The van der Waals surface area contributed by atoms with E-state index in [4.69, 9.17) is 9.47 Å². The lowest BCUT2D eigenvalue weighted by Gasteiger charge is -2.45. The number of ether oxygens (including phenoxy) is 2. The number of hydrogen-bond acceptors (Lipinski definition) is 3. The Morgan fingerprint density at radius 1 is 1.18 bits per heavy atom. The summed E-state index contributed by atoms with van der Waals surface area (Å²) in [7, 11) is 1.81. The number of methoxy groups -OCH3 is 1. The maximum absolute atomic E-state index is 5.68. The summed E-state index contributed by atoms with van der Waals surface area (Å²) in [5, 5.41) is 3.86. The van der Waals surface area contributed by atoms with Crippen LogP contribution in [0, 0.1) is 11.8 Å². The molecule has 0 bridgehead atoms. The van der Waals surface area contributed by atoms with E-state index >= 15 is 0 Å². The van der Waals surface area contributed by atoms with Crippen molar-refractivity contribution in [3.05, 3.63) is 0 Å². The average molecular weight is 239 g/mol. The average Bonchev–Trinajstić information content (AvgIpc) is 3.16. The first kappa shape index (κ1) is 11.9. The minimum atomic E-state index is 0.273. The van der Waals surface area contributed by atoms with Gasteiger partial charge in [0, 0.05) is 25.8 Å². The van der Waals surface area contributed by atoms with Gasteiger partial charge in [-0.25, -0.2) is 0 Å². The fourth-order valence-corrected chi connectivity index (χ4v) is 3.25. The molecule has 0 saturated heterocycles. The lowest BCUT2D eigenvalue weighted by atomic mass is 9.84. The second kappa shape index (κ2) is 4.87. The molecule has 0 aliphatic heterocycles. The SMILES string of the molecule is CCOC1CC(NC(C2CC2)C2CC2)C1OC. The third-order valence-corrected chi connectivity index (χ3v) is 4.57. The predicted octanol–water partition coefficient (Wildman–Crippen LogP) is 1.96. The van der Waals surface area contributed by atoms with E-state index in [1.54, 1.807) is 0 Å². The molecule has 0 aromatic heterocycles. The van der Waals surface area contributed by atoms with Crippen LogP contribution in [-0.4, -0.2) is 38.0 Å². The van der Waals surface area contributed by atoms with Crippen molar-refractivity contribution >= 4 is 0 Å². The lowest BCUT2D eigenvalue weighted by molar-refractivity contribution is -0.134. The van der Waals surface area contributed by atoms with Crippen LogP contribution in [0.25, 0.3) is 0 Å². The van der Waals surface area contributed by atoms with E-state index < -0.39 is 0 Å². The van der Waals surface area contributed by atoms with Crippen LogP contribution in [0.5, 0.6) is 0 Å². The van der Waals surface area contributed by atoms with Crippen molar-refractivity contribution in [2.24, 2.45) is 11.8 Å². The third-order valence-electron chi connectivity index (χ3n) is 4.57. The topological polar surface area (TPSA) is 30.5 Å². The van der Waals surface area contributed by atoms with E-state index in [2.05, 4.69) is 12.2 Å². The molecule has 3 heteroatoms. The van der Waals surface area contributed by atoms with Gasteiger partial charge in [0.15, 0.2) is 0 Å². The van der Waals surface area contributed by atoms with Gasteiger partial charge in [-0.3, -0.25) is 0 Å². The van der Waals surface area contributed by atoms with Crippen molar-refractivity contribution in [1.82, 2.24) is 5.32 Å². The molecule has 0 aromatic carbocycles. The summed E-state index contributed by atoms with van der Waals surface area (Å²) in [6.45, 7) is 2.86. The maximum Gasteiger partial charge on any atom is 0.0986 e. The highest BCUT2D eigenvalue weighted by Gasteiger charge is 2.48. The molecule has 3 saturated carbocycles. The molecule has 0 heterocycles. The van der Waals surface area contributed by atoms with Crippen LogP contribution in [0.2, 0.25) is 0 Å². The molecule has 1 N–H and O–H groups in total. The monoisotopic (exact) mass is 239 g/mol. The van der Waals surface area contributed by atoms with Crippen molar-refractivity contribution in [2.45, 2.75) is 63.3 Å². The summed E-state index contributed by atoms with van der Waals surface area (Å²) in [4.78, 5) is 0. The Morgan fingerprint density at radius 2 is 1.82 bits per heavy atom. The van der Waals surface area contributed by atoms with Gasteiger partial charge >= 0.3 is 0 Å². The molecule has 98 valence electrons. The van der Waals surface area contributed by atoms with Gasteiger partial charge in [-0.05, 0) is 50.9 Å². The zero-order chi connectivity index (χ0) is 11.8. The van der Waals surface area contributed by atoms with E-state index in [0.29, 0.717) is 12.1 Å². The van der Waals surface area contributed by atoms with E-state index in [0.717, 1.165) is 30.9 Å². The van der Waals surface area contributed by atoms with Crippen molar-refractivity contribution in [3.63, 3.8) is 0 Å². The third kappa shape index (κ3) is 2.51. The van der Waals surface area contributed by atoms with Gasteiger partial charge in [-0.1, -0.05) is 0 Å². The van der Waals surface area contributed by atoms with Crippen LogP contribution in [0.3, 0.4) is 0 Å². The van der Waals surface area contributed by atoms with E-state index in [9.17, 15) is 0 Å². The number of hydrogen-bond donors (Lipinski definition) is 1. The molecule has 3 unspecified atom stereocenters. The molecule has 3 aliphatic carbocycles. The second-order valence-corrected chi connectivity index (χ2v) is 5.90. The van der Waals surface area contributed by atoms with E-state index in [1.165, 1.54) is 25.7 Å². The molecule has 17 heavy (non-hydrogen) atoms. The van der Waals surface area contributed by atoms with Crippen LogP contribution in [0.4, 0.5) is 0 Å². The van der Waals surface area contributed by atoms with Gasteiger partial charge in [-0.15, -0.1) is 0 Å². The Labute approximate surface area is 104 Å². The zero-order valence-electron chi connectivity index (χ0n) is 11.0. The molecule has 0 amide bonds. The maximum atomic E-state index is 5.68. The van der Waals surface area contributed by atoms with Crippen molar-refractivity contribution < 1.29 is 9.47 Å². The van der Waals surface area contributed by atoms with Gasteiger partial charge in [0.1, 0.15) is 0 Å². The number of rotatable bonds is 7. The predicted molar refractivity (Wildman–Crippen MR) is 67.0 cm³/mol. The molecule has 3 rings (SSSR count). The molecular weight excluding hydrogens is 214 g/mol. The second-order valence-electron chi connectivity index (χ2n) is 5.90. The Hall–Kier alpha value is -0.120. The fraction of sp³-hybridized carbons (Fsp3) is 1.00. The normalized spacial score (nSPS) is 37.2. The molecular formula is C14H25NO2. The summed E-state index contributed by atoms with van der Waals surface area (Å²) in [5.74, 6) is 1.93. The first-order valence-electron chi connectivity index (χ1n) is 7.24. The minimum Gasteiger partial charge on any atom is -0.377 e. The van der Waals surface area contributed by atoms with Crippen LogP contribution in [0.1, 0.15) is 39.0 Å². The fourth-order valence-electron chi connectivity index (χ4n) is 3.25. The van der Waals surface area contributed by atoms with Crippen LogP contribution in [-0.2, 0) is 9.47 Å². The first-order chi connectivity index (χ1) is 8.33. The Kier molecular flexibility index (Phi) is 3.42. The summed E-state index contributed by atoms with van der Waals surface area (Å²) in [5.41, 5.74) is 0. The van der Waals surface area contributed by atoms with Crippen molar-refractivity contribution in [1.29, 1.82) is 0 Å². The minimum absolute atomic E-state index is 0.273. The Morgan fingerprint density at radius 3 is 2.29 bits per heavy atom. The standard InChI is InChI=1S/C14H25NO2/c1-3-17-12-8-11(14(12)16-2)15-13(9-4-5-9)10-6-7-10/h9-15H,3-8H2,1-2H3. The molecule has 3 atom stereocenters. The quantitative estimate of drug-likeness (QED) is 0.736. The summed E-state index contributed by atoms with van der Waals surface area (Å²) < 4.78 is 11.3. The van der Waals surface area contributed by atoms with Crippen LogP contribution < -0.4 is 5.32 Å². The van der Waals surface area contributed by atoms with Crippen LogP contribution in [0.15, 0.2) is 0 Å². The van der Waals surface area contributed by atoms with Gasteiger partial charge < -0.3 is 14.8 Å². The molecule has 3 nitrogen and oxygen atoms in total. The highest BCUT2D eigenvalue weighted by atomic mass is 16.5. The highest BCUT2D eigenvalue weighted by molar-refractivity contribution is 5.03. The van der Waals surface area contributed by atoms with Gasteiger partial charge in [-0.2, -0.15) is 0 Å². The molecule has 0 radical (unpaired) electrons. The zero-order valence-corrected chi connectivity index (χ0v) is 11.0. The number of nitrogens with one attached hydrogen (secondary N) is 1. The van der Waals surface area contributed by atoms with Gasteiger partial charge in [0.25, 0.3) is 0 Å². The van der Waals surface area contributed by atoms with Crippen molar-refractivity contribution in [2.75, 3.05) is 13.7 Å². The summed E-state index contributed by atoms with van der Waals surface area (Å²) in [6.07, 6.45) is 7.47. The van der Waals surface area contributed by atoms with E-state index in [1.807, 2.05) is 7.11 Å². The first-order valence-corrected chi connectivity index (χ1v) is 7.24. The van der Waals surface area contributed by atoms with Gasteiger partial charge in [0.2, 0.25) is 0 Å². The highest BCUT2D eigenvalue weighted by Crippen LogP contribution is 2.45. The summed E-state index contributed by atoms with van der Waals surface area (Å²) in [6, 6.07) is 1.31.